The van der Waals surface area contributed by atoms with Crippen molar-refractivity contribution in [2.75, 3.05) is 19.7 Å². The standard InChI is InChI=1S/C15H25NO6/c1-6-20-13(18)11-9-16(14(19)22-15(3,4)5)8-7-12(11)21-10(2)17/h11-12H,6-9H2,1-5H3/t11-,12+/m0/s1. The summed E-state index contributed by atoms with van der Waals surface area (Å²) in [4.78, 5) is 36.8. The minimum absolute atomic E-state index is 0.117. The molecule has 1 fully saturated rings. The lowest BCUT2D eigenvalue weighted by Crippen LogP contribution is -2.51. The van der Waals surface area contributed by atoms with Gasteiger partial charge in [0.2, 0.25) is 0 Å². The second-order valence-corrected chi connectivity index (χ2v) is 6.22. The van der Waals surface area contributed by atoms with E-state index in [-0.39, 0.29) is 13.2 Å². The SMILES string of the molecule is CCOC(=O)[C@H]1CN(C(=O)OC(C)(C)C)CC[C@H]1OC(C)=O. The van der Waals surface area contributed by atoms with Crippen LogP contribution >= 0.6 is 0 Å². The first-order chi connectivity index (χ1) is 10.1. The average Bonchev–Trinajstić information content (AvgIpc) is 2.36. The number of hydrogen-bond acceptors (Lipinski definition) is 6. The lowest BCUT2D eigenvalue weighted by molar-refractivity contribution is -0.164. The third kappa shape index (κ3) is 5.54. The number of carbonyl (C=O) groups excluding carboxylic acids is 3. The van der Waals surface area contributed by atoms with Crippen LogP contribution in [0.3, 0.4) is 0 Å². The Morgan fingerprint density at radius 3 is 2.36 bits per heavy atom. The normalized spacial score (nSPS) is 22.0. The Balaban J connectivity index is 2.78. The first-order valence-corrected chi connectivity index (χ1v) is 7.45. The minimum atomic E-state index is -0.690. The molecule has 7 heteroatoms. The molecule has 22 heavy (non-hydrogen) atoms. The predicted molar refractivity (Wildman–Crippen MR) is 78.1 cm³/mol. The Bertz CT molecular complexity index is 428. The summed E-state index contributed by atoms with van der Waals surface area (Å²) in [5, 5.41) is 0. The molecule has 0 spiro atoms. The maximum Gasteiger partial charge on any atom is 0.410 e. The molecule has 0 aromatic heterocycles. The molecule has 2 atom stereocenters. The molecule has 1 aliphatic heterocycles. The van der Waals surface area contributed by atoms with Crippen molar-refractivity contribution in [3.63, 3.8) is 0 Å². The maximum absolute atomic E-state index is 12.1. The van der Waals surface area contributed by atoms with Crippen LogP contribution < -0.4 is 0 Å². The number of esters is 2. The number of rotatable bonds is 3. The summed E-state index contributed by atoms with van der Waals surface area (Å²) in [6, 6.07) is 0. The molecule has 0 saturated carbocycles. The van der Waals surface area contributed by atoms with Crippen LogP contribution in [0.2, 0.25) is 0 Å². The average molecular weight is 315 g/mol. The van der Waals surface area contributed by atoms with Crippen molar-refractivity contribution in [3.05, 3.63) is 0 Å². The van der Waals surface area contributed by atoms with Crippen LogP contribution in [0.1, 0.15) is 41.0 Å². The van der Waals surface area contributed by atoms with Crippen molar-refractivity contribution in [1.82, 2.24) is 4.90 Å². The van der Waals surface area contributed by atoms with Gasteiger partial charge in [-0.05, 0) is 27.7 Å². The molecule has 0 aromatic rings. The number of amides is 1. The van der Waals surface area contributed by atoms with Gasteiger partial charge in [0, 0.05) is 26.4 Å². The van der Waals surface area contributed by atoms with Gasteiger partial charge in [0.25, 0.3) is 0 Å². The summed E-state index contributed by atoms with van der Waals surface area (Å²) in [5.74, 6) is -1.61. The molecule has 1 saturated heterocycles. The Kier molecular flexibility index (Phi) is 6.20. The summed E-state index contributed by atoms with van der Waals surface area (Å²) in [6.45, 7) is 9.04. The van der Waals surface area contributed by atoms with Crippen molar-refractivity contribution in [3.8, 4) is 0 Å². The van der Waals surface area contributed by atoms with Crippen molar-refractivity contribution in [2.45, 2.75) is 52.7 Å². The summed E-state index contributed by atoms with van der Waals surface area (Å²) in [6.07, 6.45) is -0.680. The largest absolute Gasteiger partial charge is 0.466 e. The van der Waals surface area contributed by atoms with Gasteiger partial charge in [0.1, 0.15) is 17.6 Å². The van der Waals surface area contributed by atoms with Crippen LogP contribution in [-0.2, 0) is 23.8 Å². The van der Waals surface area contributed by atoms with Gasteiger partial charge in [-0.3, -0.25) is 9.59 Å². The van der Waals surface area contributed by atoms with Crippen LogP contribution in [0.15, 0.2) is 0 Å². The third-order valence-electron chi connectivity index (χ3n) is 3.11. The van der Waals surface area contributed by atoms with Crippen molar-refractivity contribution >= 4 is 18.0 Å². The molecule has 1 rings (SSSR count). The van der Waals surface area contributed by atoms with Crippen LogP contribution in [0.25, 0.3) is 0 Å². The number of nitrogens with zero attached hydrogens (tertiary/aromatic N) is 1. The van der Waals surface area contributed by atoms with Crippen molar-refractivity contribution in [2.24, 2.45) is 5.92 Å². The highest BCUT2D eigenvalue weighted by atomic mass is 16.6. The first-order valence-electron chi connectivity index (χ1n) is 7.45. The predicted octanol–water partition coefficient (Wildman–Crippen LogP) is 1.74. The van der Waals surface area contributed by atoms with Crippen LogP contribution in [-0.4, -0.2) is 54.3 Å². The van der Waals surface area contributed by atoms with Gasteiger partial charge >= 0.3 is 18.0 Å². The Morgan fingerprint density at radius 1 is 1.23 bits per heavy atom. The second kappa shape index (κ2) is 7.47. The van der Waals surface area contributed by atoms with Crippen molar-refractivity contribution in [1.29, 1.82) is 0 Å². The quantitative estimate of drug-likeness (QED) is 0.583. The molecular formula is C15H25NO6. The van der Waals surface area contributed by atoms with E-state index < -0.39 is 35.7 Å². The smallest absolute Gasteiger partial charge is 0.410 e. The highest BCUT2D eigenvalue weighted by Gasteiger charge is 2.40. The zero-order valence-corrected chi connectivity index (χ0v) is 13.9. The molecule has 1 amide bonds. The van der Waals surface area contributed by atoms with Gasteiger partial charge in [-0.15, -0.1) is 0 Å². The van der Waals surface area contributed by atoms with Crippen molar-refractivity contribution < 1.29 is 28.6 Å². The van der Waals surface area contributed by atoms with Crippen LogP contribution in [0, 0.1) is 5.92 Å². The highest BCUT2D eigenvalue weighted by molar-refractivity contribution is 5.76. The summed E-state index contributed by atoms with van der Waals surface area (Å²) in [5.41, 5.74) is -0.608. The molecule has 0 aliphatic carbocycles. The van der Waals surface area contributed by atoms with E-state index in [4.69, 9.17) is 14.2 Å². The number of piperidine rings is 1. The fourth-order valence-electron chi connectivity index (χ4n) is 2.25. The number of likely N-dealkylation sites (tertiary alicyclic amines) is 1. The molecular weight excluding hydrogens is 290 g/mol. The summed E-state index contributed by atoms with van der Waals surface area (Å²) >= 11 is 0. The molecule has 1 heterocycles. The fourth-order valence-corrected chi connectivity index (χ4v) is 2.25. The van der Waals surface area contributed by atoms with Gasteiger partial charge in [0.05, 0.1) is 6.61 Å². The van der Waals surface area contributed by atoms with E-state index in [9.17, 15) is 14.4 Å². The molecule has 1 aliphatic rings. The fraction of sp³-hybridized carbons (Fsp3) is 0.800. The number of carbonyl (C=O) groups is 3. The van der Waals surface area contributed by atoms with Crippen LogP contribution in [0.4, 0.5) is 4.79 Å². The van der Waals surface area contributed by atoms with Gasteiger partial charge in [-0.2, -0.15) is 0 Å². The molecule has 0 radical (unpaired) electrons. The third-order valence-corrected chi connectivity index (χ3v) is 3.11. The van der Waals surface area contributed by atoms with E-state index in [0.29, 0.717) is 13.0 Å². The van der Waals surface area contributed by atoms with E-state index in [0.717, 1.165) is 0 Å². The molecule has 0 aromatic carbocycles. The minimum Gasteiger partial charge on any atom is -0.466 e. The van der Waals surface area contributed by atoms with E-state index in [1.165, 1.54) is 11.8 Å². The van der Waals surface area contributed by atoms with Gasteiger partial charge in [0.15, 0.2) is 0 Å². The summed E-state index contributed by atoms with van der Waals surface area (Å²) < 4.78 is 15.5. The maximum atomic E-state index is 12.1. The lowest BCUT2D eigenvalue weighted by atomic mass is 9.94. The van der Waals surface area contributed by atoms with E-state index in [1.54, 1.807) is 27.7 Å². The molecule has 0 N–H and O–H groups in total. The zero-order valence-electron chi connectivity index (χ0n) is 13.9. The Morgan fingerprint density at radius 2 is 1.86 bits per heavy atom. The number of ether oxygens (including phenoxy) is 3. The van der Waals surface area contributed by atoms with E-state index >= 15 is 0 Å². The van der Waals surface area contributed by atoms with Gasteiger partial charge in [-0.1, -0.05) is 0 Å². The number of hydrogen-bond donors (Lipinski definition) is 0. The summed E-state index contributed by atoms with van der Waals surface area (Å²) in [7, 11) is 0. The highest BCUT2D eigenvalue weighted by Crippen LogP contribution is 2.23. The molecule has 7 nitrogen and oxygen atoms in total. The molecule has 0 unspecified atom stereocenters. The topological polar surface area (TPSA) is 82.1 Å². The molecule has 0 bridgehead atoms. The zero-order chi connectivity index (χ0) is 16.9. The molecule has 126 valence electrons. The first kappa shape index (κ1) is 18.3. The lowest BCUT2D eigenvalue weighted by Gasteiger charge is -2.37. The van der Waals surface area contributed by atoms with E-state index in [2.05, 4.69) is 0 Å². The van der Waals surface area contributed by atoms with Gasteiger partial charge in [-0.25, -0.2) is 4.79 Å². The van der Waals surface area contributed by atoms with Gasteiger partial charge < -0.3 is 19.1 Å². The monoisotopic (exact) mass is 315 g/mol. The van der Waals surface area contributed by atoms with E-state index in [1.807, 2.05) is 0 Å². The Hall–Kier alpha value is -1.79. The van der Waals surface area contributed by atoms with Crippen LogP contribution in [0.5, 0.6) is 0 Å². The second-order valence-electron chi connectivity index (χ2n) is 6.22. The Labute approximate surface area is 130 Å².